The monoisotopic (exact) mass is 448 g/mol. The van der Waals surface area contributed by atoms with E-state index >= 15 is 0 Å². The van der Waals surface area contributed by atoms with Gasteiger partial charge in [-0.2, -0.15) is 0 Å². The molecule has 0 atom stereocenters. The molecule has 1 nitrogen and oxygen atoms in total. The Balaban J connectivity index is 4.23. The molecule has 0 heterocycles. The van der Waals surface area contributed by atoms with Crippen LogP contribution in [0.3, 0.4) is 0 Å². The third kappa shape index (κ3) is 14.0. The number of unbranched alkanes of at least 4 members (excludes halogenated alkanes) is 10. The molecule has 0 aromatic rings. The van der Waals surface area contributed by atoms with Crippen LogP contribution in [-0.4, -0.2) is 25.4 Å². The molecule has 0 radical (unpaired) electrons. The predicted molar refractivity (Wildman–Crippen MR) is 113 cm³/mol. The standard InChI is InChI=1S/2C8H17.C3H7O.C3H7.Sn/c2*1-3-5-7-8-6-4-2;1-2-3-4;1-3-2;/h2*1,3-8H2,2H3;2-3H2,1H3;1,3H2,2H3;/q;;-1;;+1. The van der Waals surface area contributed by atoms with Gasteiger partial charge in [-0.1, -0.05) is 0 Å². The normalized spacial score (nSPS) is 12.0. The van der Waals surface area contributed by atoms with Gasteiger partial charge in [-0.25, -0.2) is 0 Å². The Morgan fingerprint density at radius 1 is 0.458 bits per heavy atom. The Morgan fingerprint density at radius 2 is 0.917 bits per heavy atom. The SMILES string of the molecule is CCCCCCC[CH2][Sn]([CH2]CC)([CH2]CCCCCCC)[O]CCC. The van der Waals surface area contributed by atoms with E-state index < -0.39 is 18.8 Å². The van der Waals surface area contributed by atoms with Crippen LogP contribution in [0.15, 0.2) is 0 Å². The van der Waals surface area contributed by atoms with E-state index in [1.54, 1.807) is 0 Å². The Kier molecular flexibility index (Phi) is 19.1. The summed E-state index contributed by atoms with van der Waals surface area (Å²) in [6.45, 7) is 10.3. The van der Waals surface area contributed by atoms with Gasteiger partial charge in [-0.3, -0.25) is 0 Å². The van der Waals surface area contributed by atoms with Crippen LogP contribution in [0.2, 0.25) is 13.3 Å². The summed E-state index contributed by atoms with van der Waals surface area (Å²) < 4.78 is 11.2. The summed E-state index contributed by atoms with van der Waals surface area (Å²) in [5, 5.41) is 0. The van der Waals surface area contributed by atoms with E-state index in [4.69, 9.17) is 3.07 Å². The zero-order chi connectivity index (χ0) is 17.9. The molecule has 24 heavy (non-hydrogen) atoms. The summed E-state index contributed by atoms with van der Waals surface area (Å²) in [4.78, 5) is 0. The minimum atomic E-state index is -2.30. The van der Waals surface area contributed by atoms with Crippen molar-refractivity contribution in [3.63, 3.8) is 0 Å². The minimum absolute atomic E-state index is 1.04. The molecule has 0 aromatic carbocycles. The summed E-state index contributed by atoms with van der Waals surface area (Å²) in [6, 6.07) is 0. The Bertz CT molecular complexity index is 226. The van der Waals surface area contributed by atoms with Crippen molar-refractivity contribution in [1.29, 1.82) is 0 Å². The van der Waals surface area contributed by atoms with Crippen LogP contribution in [0.5, 0.6) is 0 Å². The van der Waals surface area contributed by atoms with Crippen LogP contribution in [0.25, 0.3) is 0 Å². The van der Waals surface area contributed by atoms with Gasteiger partial charge in [0.15, 0.2) is 0 Å². The summed E-state index contributed by atoms with van der Waals surface area (Å²) in [5.41, 5.74) is 0. The summed E-state index contributed by atoms with van der Waals surface area (Å²) in [6.07, 6.45) is 19.7. The van der Waals surface area contributed by atoms with Gasteiger partial charge in [-0.15, -0.1) is 0 Å². The Morgan fingerprint density at radius 3 is 1.33 bits per heavy atom. The summed E-state index contributed by atoms with van der Waals surface area (Å²) >= 11 is -2.30. The third-order valence-electron chi connectivity index (χ3n) is 5.29. The topological polar surface area (TPSA) is 9.23 Å². The van der Waals surface area contributed by atoms with Crippen LogP contribution in [0.4, 0.5) is 0 Å². The van der Waals surface area contributed by atoms with E-state index in [2.05, 4.69) is 27.7 Å². The second kappa shape index (κ2) is 18.5. The molecule has 0 saturated heterocycles. The van der Waals surface area contributed by atoms with E-state index in [9.17, 15) is 0 Å². The molecule has 0 bridgehead atoms. The van der Waals surface area contributed by atoms with Crippen LogP contribution in [0, 0.1) is 0 Å². The molecule has 0 rings (SSSR count). The van der Waals surface area contributed by atoms with Gasteiger partial charge in [0.1, 0.15) is 0 Å². The first kappa shape index (κ1) is 24.8. The average Bonchev–Trinajstić information content (AvgIpc) is 2.59. The van der Waals surface area contributed by atoms with Crippen molar-refractivity contribution in [2.45, 2.75) is 131 Å². The number of rotatable bonds is 19. The quantitative estimate of drug-likeness (QED) is 0.143. The second-order valence-electron chi connectivity index (χ2n) is 7.82. The van der Waals surface area contributed by atoms with E-state index in [-0.39, 0.29) is 0 Å². The molecule has 0 aromatic heterocycles. The molecule has 0 aliphatic carbocycles. The van der Waals surface area contributed by atoms with Crippen molar-refractivity contribution in [1.82, 2.24) is 0 Å². The Hall–Kier alpha value is 0.759. The van der Waals surface area contributed by atoms with Gasteiger partial charge < -0.3 is 0 Å². The first-order chi connectivity index (χ1) is 11.7. The van der Waals surface area contributed by atoms with Crippen molar-refractivity contribution in [3.8, 4) is 0 Å². The first-order valence-electron chi connectivity index (χ1n) is 11.4. The summed E-state index contributed by atoms with van der Waals surface area (Å²) in [5.74, 6) is 0. The molecule has 0 spiro atoms. The zero-order valence-corrected chi connectivity index (χ0v) is 20.5. The maximum atomic E-state index is 6.68. The molecule has 0 aliphatic rings. The van der Waals surface area contributed by atoms with Crippen LogP contribution in [0.1, 0.15) is 118 Å². The van der Waals surface area contributed by atoms with Gasteiger partial charge >= 0.3 is 159 Å². The molecular formula is C22H48OSn. The van der Waals surface area contributed by atoms with Gasteiger partial charge in [0.05, 0.1) is 0 Å². The van der Waals surface area contributed by atoms with E-state index in [0.29, 0.717) is 0 Å². The number of hydrogen-bond acceptors (Lipinski definition) is 1. The second-order valence-corrected chi connectivity index (χ2v) is 19.7. The van der Waals surface area contributed by atoms with Gasteiger partial charge in [-0.05, 0) is 0 Å². The molecule has 0 saturated carbocycles. The van der Waals surface area contributed by atoms with E-state index in [1.165, 1.54) is 103 Å². The van der Waals surface area contributed by atoms with Crippen molar-refractivity contribution >= 4 is 18.8 Å². The van der Waals surface area contributed by atoms with Crippen LogP contribution in [-0.2, 0) is 3.07 Å². The van der Waals surface area contributed by atoms with E-state index in [1.807, 2.05) is 0 Å². The molecule has 0 N–H and O–H groups in total. The molecule has 146 valence electrons. The molecule has 0 fully saturated rings. The fourth-order valence-corrected chi connectivity index (χ4v) is 16.7. The average molecular weight is 447 g/mol. The van der Waals surface area contributed by atoms with Gasteiger partial charge in [0.25, 0.3) is 0 Å². The Labute approximate surface area is 159 Å². The third-order valence-corrected chi connectivity index (χ3v) is 18.9. The van der Waals surface area contributed by atoms with Gasteiger partial charge in [0, 0.05) is 0 Å². The molecular weight excluding hydrogens is 399 g/mol. The van der Waals surface area contributed by atoms with Crippen molar-refractivity contribution in [3.05, 3.63) is 0 Å². The van der Waals surface area contributed by atoms with Crippen molar-refractivity contribution in [2.75, 3.05) is 6.61 Å². The fraction of sp³-hybridized carbons (Fsp3) is 1.00. The maximum absolute atomic E-state index is 6.68. The van der Waals surface area contributed by atoms with Gasteiger partial charge in [0.2, 0.25) is 0 Å². The van der Waals surface area contributed by atoms with Crippen LogP contribution < -0.4 is 0 Å². The molecule has 0 amide bonds. The van der Waals surface area contributed by atoms with E-state index in [0.717, 1.165) is 6.61 Å². The number of hydrogen-bond donors (Lipinski definition) is 0. The molecule has 0 aliphatic heterocycles. The molecule has 0 unspecified atom stereocenters. The van der Waals surface area contributed by atoms with Crippen LogP contribution >= 0.6 is 0 Å². The zero-order valence-electron chi connectivity index (χ0n) is 17.6. The predicted octanol–water partition coefficient (Wildman–Crippen LogP) is 8.49. The molecule has 2 heteroatoms. The fourth-order valence-electron chi connectivity index (χ4n) is 3.82. The summed E-state index contributed by atoms with van der Waals surface area (Å²) in [7, 11) is 0. The first-order valence-corrected chi connectivity index (χ1v) is 18.6. The van der Waals surface area contributed by atoms with Crippen molar-refractivity contribution in [2.24, 2.45) is 0 Å². The van der Waals surface area contributed by atoms with Crippen molar-refractivity contribution < 1.29 is 3.07 Å².